The van der Waals surface area contributed by atoms with Crippen LogP contribution in [0.5, 0.6) is 0 Å². The number of esters is 1. The van der Waals surface area contributed by atoms with Gasteiger partial charge in [0.2, 0.25) is 0 Å². The van der Waals surface area contributed by atoms with Crippen molar-refractivity contribution in [3.8, 4) is 0 Å². The molecule has 0 radical (unpaired) electrons. The monoisotopic (exact) mass is 394 g/mol. The lowest BCUT2D eigenvalue weighted by atomic mass is 10.2. The summed E-state index contributed by atoms with van der Waals surface area (Å²) < 4.78 is 5.19. The molecule has 3 aromatic rings. The Labute approximate surface area is 167 Å². The van der Waals surface area contributed by atoms with Crippen LogP contribution in [0.3, 0.4) is 0 Å². The van der Waals surface area contributed by atoms with Crippen molar-refractivity contribution in [3.05, 3.63) is 60.3 Å². The number of carbonyl (C=O) groups excluding carboxylic acids is 3. The van der Waals surface area contributed by atoms with Crippen LogP contribution in [0.4, 0.5) is 5.69 Å². The van der Waals surface area contributed by atoms with Gasteiger partial charge in [-0.15, -0.1) is 0 Å². The first-order valence-electron chi connectivity index (χ1n) is 9.21. The first-order chi connectivity index (χ1) is 14.0. The molecule has 150 valence electrons. The van der Waals surface area contributed by atoms with Crippen LogP contribution in [0.15, 0.2) is 54.6 Å². The summed E-state index contributed by atoms with van der Waals surface area (Å²) in [6.45, 7) is 1.60. The van der Waals surface area contributed by atoms with E-state index in [9.17, 15) is 14.4 Å². The van der Waals surface area contributed by atoms with Crippen molar-refractivity contribution >= 4 is 34.4 Å². The topological polar surface area (TPSA) is 104 Å². The Balaban J connectivity index is 1.47. The van der Waals surface area contributed by atoms with Gasteiger partial charge in [-0.3, -0.25) is 19.5 Å². The number of anilines is 1. The smallest absolute Gasteiger partial charge is 0.308 e. The highest BCUT2D eigenvalue weighted by atomic mass is 16.5. The van der Waals surface area contributed by atoms with Crippen molar-refractivity contribution in [2.45, 2.75) is 19.4 Å². The maximum atomic E-state index is 12.4. The van der Waals surface area contributed by atoms with Crippen LogP contribution >= 0.6 is 0 Å². The van der Waals surface area contributed by atoms with E-state index in [-0.39, 0.29) is 30.5 Å². The van der Waals surface area contributed by atoms with Crippen molar-refractivity contribution in [3.63, 3.8) is 0 Å². The minimum atomic E-state index is -0.932. The summed E-state index contributed by atoms with van der Waals surface area (Å²) in [5.41, 5.74) is 1.73. The van der Waals surface area contributed by atoms with Crippen LogP contribution in [0, 0.1) is 0 Å². The largest absolute Gasteiger partial charge is 0.452 e. The average molecular weight is 394 g/mol. The van der Waals surface area contributed by atoms with Crippen molar-refractivity contribution in [2.24, 2.45) is 0 Å². The molecule has 2 N–H and O–H groups in total. The number of ether oxygens (including phenoxy) is 1. The van der Waals surface area contributed by atoms with Gasteiger partial charge in [0.15, 0.2) is 11.8 Å². The van der Waals surface area contributed by atoms with Crippen LogP contribution in [0.2, 0.25) is 0 Å². The number of nitrogens with zero attached hydrogens (tertiary/aromatic N) is 2. The minimum Gasteiger partial charge on any atom is -0.452 e. The quantitative estimate of drug-likeness (QED) is 0.598. The number of likely N-dealkylation sites (N-methyl/N-ethyl adjacent to an activating group) is 1. The zero-order chi connectivity index (χ0) is 20.8. The molecule has 2 amide bonds. The molecular formula is C21H22N4O4. The summed E-state index contributed by atoms with van der Waals surface area (Å²) in [5, 5.41) is 10.1. The molecule has 0 spiro atoms. The number of aromatic nitrogens is 2. The average Bonchev–Trinajstić information content (AvgIpc) is 3.17. The second-order valence-corrected chi connectivity index (χ2v) is 6.49. The lowest BCUT2D eigenvalue weighted by molar-refractivity contribution is -0.153. The normalized spacial score (nSPS) is 11.7. The molecule has 0 aliphatic carbocycles. The fourth-order valence-corrected chi connectivity index (χ4v) is 2.86. The van der Waals surface area contributed by atoms with Gasteiger partial charge in [-0.2, -0.15) is 5.10 Å². The summed E-state index contributed by atoms with van der Waals surface area (Å²) in [7, 11) is 1.62. The van der Waals surface area contributed by atoms with Gasteiger partial charge in [-0.1, -0.05) is 36.4 Å². The molecule has 29 heavy (non-hydrogen) atoms. The second-order valence-electron chi connectivity index (χ2n) is 6.49. The Hall–Kier alpha value is -3.68. The molecule has 2 aromatic carbocycles. The summed E-state index contributed by atoms with van der Waals surface area (Å²) >= 11 is 0. The molecule has 1 atom stereocenters. The number of carbonyl (C=O) groups is 3. The maximum absolute atomic E-state index is 12.4. The van der Waals surface area contributed by atoms with E-state index in [0.717, 1.165) is 5.52 Å². The van der Waals surface area contributed by atoms with Crippen molar-refractivity contribution < 1.29 is 19.1 Å². The molecule has 0 saturated heterocycles. The molecule has 0 saturated carbocycles. The Kier molecular flexibility index (Phi) is 6.23. The van der Waals surface area contributed by atoms with Gasteiger partial charge in [-0.05, 0) is 25.1 Å². The van der Waals surface area contributed by atoms with Gasteiger partial charge < -0.3 is 15.0 Å². The zero-order valence-corrected chi connectivity index (χ0v) is 16.2. The number of benzene rings is 2. The van der Waals surface area contributed by atoms with Gasteiger partial charge in [0, 0.05) is 24.7 Å². The van der Waals surface area contributed by atoms with E-state index in [2.05, 4.69) is 15.5 Å². The van der Waals surface area contributed by atoms with Crippen LogP contribution in [0.25, 0.3) is 10.9 Å². The first-order valence-corrected chi connectivity index (χ1v) is 9.21. The highest BCUT2D eigenvalue weighted by Crippen LogP contribution is 2.15. The maximum Gasteiger partial charge on any atom is 0.308 e. The molecule has 0 aliphatic rings. The van der Waals surface area contributed by atoms with E-state index in [1.54, 1.807) is 25.2 Å². The third kappa shape index (κ3) is 4.78. The number of H-pyrrole nitrogens is 1. The standard InChI is InChI=1S/C21H22N4O4/c1-14(21(28)25(2)15-8-4-3-5-9-15)29-18(26)12-13-22-20(27)19-16-10-6-7-11-17(16)23-24-19/h3-11,14H,12-13H2,1-2H3,(H,22,27)(H,23,24). The number of para-hydroxylation sites is 2. The van der Waals surface area contributed by atoms with E-state index in [1.807, 2.05) is 36.4 Å². The SMILES string of the molecule is CC(OC(=O)CCNC(=O)c1n[nH]c2ccccc12)C(=O)N(C)c1ccccc1. The van der Waals surface area contributed by atoms with Crippen LogP contribution in [0.1, 0.15) is 23.8 Å². The van der Waals surface area contributed by atoms with E-state index >= 15 is 0 Å². The van der Waals surface area contributed by atoms with Crippen LogP contribution < -0.4 is 10.2 Å². The highest BCUT2D eigenvalue weighted by molar-refractivity contribution is 6.04. The molecule has 3 rings (SSSR count). The number of aromatic amines is 1. The van der Waals surface area contributed by atoms with Gasteiger partial charge >= 0.3 is 5.97 Å². The number of amides is 2. The van der Waals surface area contributed by atoms with Crippen LogP contribution in [-0.2, 0) is 14.3 Å². The minimum absolute atomic E-state index is 0.0548. The first kappa shape index (κ1) is 20.1. The number of fused-ring (bicyclic) bond motifs is 1. The predicted octanol–water partition coefficient (Wildman–Crippen LogP) is 2.28. The number of hydrogen-bond acceptors (Lipinski definition) is 5. The van der Waals surface area contributed by atoms with Gasteiger partial charge in [0.25, 0.3) is 11.8 Å². The number of hydrogen-bond donors (Lipinski definition) is 2. The number of rotatable bonds is 7. The molecular weight excluding hydrogens is 372 g/mol. The lowest BCUT2D eigenvalue weighted by Crippen LogP contribution is -2.38. The van der Waals surface area contributed by atoms with Crippen LogP contribution in [-0.4, -0.2) is 47.7 Å². The predicted molar refractivity (Wildman–Crippen MR) is 108 cm³/mol. The Morgan fingerprint density at radius 2 is 1.79 bits per heavy atom. The molecule has 0 bridgehead atoms. The fourth-order valence-electron chi connectivity index (χ4n) is 2.86. The zero-order valence-electron chi connectivity index (χ0n) is 16.2. The highest BCUT2D eigenvalue weighted by Gasteiger charge is 2.22. The van der Waals surface area contributed by atoms with E-state index in [0.29, 0.717) is 11.1 Å². The molecule has 1 aromatic heterocycles. The van der Waals surface area contributed by atoms with E-state index < -0.39 is 12.1 Å². The lowest BCUT2D eigenvalue weighted by Gasteiger charge is -2.21. The Bertz CT molecular complexity index is 1020. The molecule has 1 unspecified atom stereocenters. The molecule has 1 heterocycles. The number of nitrogens with one attached hydrogen (secondary N) is 2. The third-order valence-corrected chi connectivity index (χ3v) is 4.43. The van der Waals surface area contributed by atoms with Gasteiger partial charge in [-0.25, -0.2) is 0 Å². The summed E-state index contributed by atoms with van der Waals surface area (Å²) in [6, 6.07) is 16.3. The molecule has 8 nitrogen and oxygen atoms in total. The van der Waals surface area contributed by atoms with Gasteiger partial charge in [0.1, 0.15) is 0 Å². The van der Waals surface area contributed by atoms with Crippen molar-refractivity contribution in [1.82, 2.24) is 15.5 Å². The molecule has 0 aliphatic heterocycles. The van der Waals surface area contributed by atoms with Crippen molar-refractivity contribution in [2.75, 3.05) is 18.5 Å². The molecule has 0 fully saturated rings. The summed E-state index contributed by atoms with van der Waals surface area (Å²) in [4.78, 5) is 38.1. The third-order valence-electron chi connectivity index (χ3n) is 4.43. The van der Waals surface area contributed by atoms with E-state index in [4.69, 9.17) is 4.74 Å². The van der Waals surface area contributed by atoms with E-state index in [1.165, 1.54) is 11.8 Å². The fraction of sp³-hybridized carbons (Fsp3) is 0.238. The summed E-state index contributed by atoms with van der Waals surface area (Å²) in [6.07, 6.45) is -0.987. The molecule has 8 heteroatoms. The van der Waals surface area contributed by atoms with Gasteiger partial charge in [0.05, 0.1) is 11.9 Å². The second kappa shape index (κ2) is 9.01. The summed E-state index contributed by atoms with van der Waals surface area (Å²) in [5.74, 6) is -1.29. The Morgan fingerprint density at radius 3 is 2.55 bits per heavy atom. The van der Waals surface area contributed by atoms with Crippen molar-refractivity contribution in [1.29, 1.82) is 0 Å². The Morgan fingerprint density at radius 1 is 1.10 bits per heavy atom.